The minimum absolute atomic E-state index is 0.0441. The van der Waals surface area contributed by atoms with Crippen LogP contribution in [0.3, 0.4) is 0 Å². The smallest absolute Gasteiger partial charge is 0.243 e. The highest BCUT2D eigenvalue weighted by molar-refractivity contribution is 7.89. The number of hydrogen-bond acceptors (Lipinski definition) is 4. The van der Waals surface area contributed by atoms with E-state index in [1.165, 1.54) is 22.5 Å². The van der Waals surface area contributed by atoms with Gasteiger partial charge in [0.2, 0.25) is 10.0 Å². The maximum atomic E-state index is 12.4. The van der Waals surface area contributed by atoms with Gasteiger partial charge in [-0.3, -0.25) is 0 Å². The number of aliphatic hydroxyl groups is 1. The topological polar surface area (TPSA) is 66.8 Å². The van der Waals surface area contributed by atoms with Gasteiger partial charge in [-0.05, 0) is 30.7 Å². The van der Waals surface area contributed by atoms with Crippen LogP contribution in [0.15, 0.2) is 41.8 Å². The van der Waals surface area contributed by atoms with E-state index in [9.17, 15) is 8.42 Å². The van der Waals surface area contributed by atoms with E-state index < -0.39 is 10.0 Å². The molecule has 1 N–H and O–H groups in total. The Hall–Kier alpha value is -1.37. The van der Waals surface area contributed by atoms with Crippen molar-refractivity contribution in [2.75, 3.05) is 26.3 Å². The molecule has 1 rings (SSSR count). The highest BCUT2D eigenvalue weighted by atomic mass is 32.2. The number of ether oxygens (including phenoxy) is 1. The normalized spacial score (nSPS) is 11.6. The first kappa shape index (κ1) is 16.7. The molecule has 0 saturated carbocycles. The second kappa shape index (κ2) is 8.04. The molecule has 112 valence electrons. The Morgan fingerprint density at radius 3 is 2.50 bits per heavy atom. The summed E-state index contributed by atoms with van der Waals surface area (Å²) < 4.78 is 31.3. The molecule has 0 saturated heterocycles. The summed E-state index contributed by atoms with van der Waals surface area (Å²) in [6, 6.07) is 6.28. The number of benzene rings is 1. The van der Waals surface area contributed by atoms with Gasteiger partial charge in [-0.2, -0.15) is 4.31 Å². The summed E-state index contributed by atoms with van der Waals surface area (Å²) in [6.07, 6.45) is 2.38. The molecule has 0 heterocycles. The summed E-state index contributed by atoms with van der Waals surface area (Å²) >= 11 is 0. The monoisotopic (exact) mass is 299 g/mol. The van der Waals surface area contributed by atoms with E-state index in [0.29, 0.717) is 12.4 Å². The Morgan fingerprint density at radius 1 is 1.35 bits per heavy atom. The van der Waals surface area contributed by atoms with Gasteiger partial charge in [-0.25, -0.2) is 8.42 Å². The van der Waals surface area contributed by atoms with Crippen LogP contribution in [0.1, 0.15) is 13.3 Å². The molecule has 0 unspecified atom stereocenters. The van der Waals surface area contributed by atoms with Gasteiger partial charge < -0.3 is 9.84 Å². The van der Waals surface area contributed by atoms with Crippen LogP contribution >= 0.6 is 0 Å². The van der Waals surface area contributed by atoms with Gasteiger partial charge in [0, 0.05) is 13.1 Å². The highest BCUT2D eigenvalue weighted by Gasteiger charge is 2.22. The van der Waals surface area contributed by atoms with Gasteiger partial charge >= 0.3 is 0 Å². The number of aliphatic hydroxyl groups excluding tert-OH is 1. The fraction of sp³-hybridized carbons (Fsp3) is 0.429. The Bertz CT molecular complexity index is 510. The summed E-state index contributed by atoms with van der Waals surface area (Å²) in [6.45, 7) is 6.10. The van der Waals surface area contributed by atoms with E-state index in [4.69, 9.17) is 9.84 Å². The molecule has 0 aliphatic carbocycles. The average molecular weight is 299 g/mol. The van der Waals surface area contributed by atoms with Crippen LogP contribution in [0.4, 0.5) is 0 Å². The summed E-state index contributed by atoms with van der Waals surface area (Å²) in [7, 11) is -3.62. The lowest BCUT2D eigenvalue weighted by Gasteiger charge is -2.19. The molecule has 0 aliphatic rings. The molecule has 0 atom stereocenters. The lowest BCUT2D eigenvalue weighted by atomic mass is 10.3. The fourth-order valence-corrected chi connectivity index (χ4v) is 3.04. The number of nitrogens with zero attached hydrogens (tertiary/aromatic N) is 1. The van der Waals surface area contributed by atoms with Crippen LogP contribution in [-0.4, -0.2) is 44.1 Å². The van der Waals surface area contributed by atoms with Gasteiger partial charge in [-0.15, -0.1) is 6.58 Å². The second-order valence-electron chi connectivity index (χ2n) is 4.20. The van der Waals surface area contributed by atoms with Crippen molar-refractivity contribution in [2.24, 2.45) is 0 Å². The van der Waals surface area contributed by atoms with Gasteiger partial charge in [0.25, 0.3) is 0 Å². The molecular formula is C14H21NO4S. The van der Waals surface area contributed by atoms with E-state index in [1.807, 2.05) is 6.92 Å². The molecule has 20 heavy (non-hydrogen) atoms. The lowest BCUT2D eigenvalue weighted by Crippen LogP contribution is -2.33. The van der Waals surface area contributed by atoms with E-state index in [0.717, 1.165) is 6.42 Å². The zero-order valence-corrected chi connectivity index (χ0v) is 12.5. The Balaban J connectivity index is 2.93. The van der Waals surface area contributed by atoms with Gasteiger partial charge in [-0.1, -0.05) is 13.0 Å². The third-order valence-electron chi connectivity index (χ3n) is 2.62. The summed E-state index contributed by atoms with van der Waals surface area (Å²) in [4.78, 5) is 0.177. The van der Waals surface area contributed by atoms with Gasteiger partial charge in [0.05, 0.1) is 18.1 Å². The molecule has 0 radical (unpaired) electrons. The van der Waals surface area contributed by atoms with Crippen LogP contribution in [0.5, 0.6) is 5.75 Å². The first-order valence-electron chi connectivity index (χ1n) is 6.51. The van der Waals surface area contributed by atoms with Crippen molar-refractivity contribution in [3.8, 4) is 5.75 Å². The van der Waals surface area contributed by atoms with E-state index >= 15 is 0 Å². The Kier molecular flexibility index (Phi) is 6.70. The minimum atomic E-state index is -3.62. The van der Waals surface area contributed by atoms with E-state index in [-0.39, 0.29) is 24.6 Å². The molecular weight excluding hydrogens is 278 g/mol. The van der Waals surface area contributed by atoms with Crippen molar-refractivity contribution in [3.05, 3.63) is 36.9 Å². The fourth-order valence-electron chi connectivity index (χ4n) is 1.64. The van der Waals surface area contributed by atoms with Crippen molar-refractivity contribution in [3.63, 3.8) is 0 Å². The predicted molar refractivity (Wildman–Crippen MR) is 78.3 cm³/mol. The van der Waals surface area contributed by atoms with Crippen molar-refractivity contribution in [1.29, 1.82) is 0 Å². The molecule has 0 aromatic heterocycles. The lowest BCUT2D eigenvalue weighted by molar-refractivity contribution is 0.260. The molecule has 1 aromatic rings. The molecule has 0 fully saturated rings. The van der Waals surface area contributed by atoms with Crippen LogP contribution in [0, 0.1) is 0 Å². The van der Waals surface area contributed by atoms with E-state index in [2.05, 4.69) is 6.58 Å². The summed E-state index contributed by atoms with van der Waals surface area (Å²) in [5, 5.41) is 8.95. The van der Waals surface area contributed by atoms with Crippen molar-refractivity contribution in [1.82, 2.24) is 4.31 Å². The molecule has 5 nitrogen and oxygen atoms in total. The zero-order chi connectivity index (χ0) is 15.0. The molecule has 6 heteroatoms. The maximum absolute atomic E-state index is 12.4. The first-order valence-corrected chi connectivity index (χ1v) is 7.95. The third kappa shape index (κ3) is 4.33. The van der Waals surface area contributed by atoms with E-state index in [1.54, 1.807) is 12.1 Å². The number of sulfonamides is 1. The van der Waals surface area contributed by atoms with Crippen molar-refractivity contribution in [2.45, 2.75) is 18.2 Å². The number of rotatable bonds is 9. The van der Waals surface area contributed by atoms with Gasteiger partial charge in [0.15, 0.2) is 0 Å². The quantitative estimate of drug-likeness (QED) is 0.704. The largest absolute Gasteiger partial charge is 0.494 e. The van der Waals surface area contributed by atoms with Crippen molar-refractivity contribution < 1.29 is 18.3 Å². The Labute approximate surface area is 120 Å². The Morgan fingerprint density at radius 2 is 2.00 bits per heavy atom. The molecule has 0 amide bonds. The molecule has 0 spiro atoms. The van der Waals surface area contributed by atoms with Crippen LogP contribution in [0.2, 0.25) is 0 Å². The standard InChI is InChI=1S/C14H21NO4S/c1-3-9-15(10-11-16)20(17,18)14-7-5-13(6-8-14)19-12-4-2/h3,5-8,16H,1,4,9-12H2,2H3. The van der Waals surface area contributed by atoms with Crippen molar-refractivity contribution >= 4 is 10.0 Å². The molecule has 0 bridgehead atoms. The number of hydrogen-bond donors (Lipinski definition) is 1. The minimum Gasteiger partial charge on any atom is -0.494 e. The summed E-state index contributed by atoms with van der Waals surface area (Å²) in [5.74, 6) is 0.642. The van der Waals surface area contributed by atoms with Crippen LogP contribution < -0.4 is 4.74 Å². The van der Waals surface area contributed by atoms with Crippen LogP contribution in [-0.2, 0) is 10.0 Å². The second-order valence-corrected chi connectivity index (χ2v) is 6.13. The zero-order valence-electron chi connectivity index (χ0n) is 11.7. The SMILES string of the molecule is C=CCN(CCO)S(=O)(=O)c1ccc(OCCC)cc1. The predicted octanol–water partition coefficient (Wildman–Crippen LogP) is 1.64. The summed E-state index contributed by atoms with van der Waals surface area (Å²) in [5.41, 5.74) is 0. The van der Waals surface area contributed by atoms with Gasteiger partial charge in [0.1, 0.15) is 5.75 Å². The molecule has 0 aliphatic heterocycles. The average Bonchev–Trinajstić information content (AvgIpc) is 2.45. The third-order valence-corrected chi connectivity index (χ3v) is 4.50. The molecule has 1 aromatic carbocycles. The van der Waals surface area contributed by atoms with Crippen LogP contribution in [0.25, 0.3) is 0 Å². The first-order chi connectivity index (χ1) is 9.56. The maximum Gasteiger partial charge on any atom is 0.243 e. The highest BCUT2D eigenvalue weighted by Crippen LogP contribution is 2.19.